The Labute approximate surface area is 113 Å². The highest BCUT2D eigenvalue weighted by Crippen LogP contribution is 2.21. The predicted octanol–water partition coefficient (Wildman–Crippen LogP) is 1.79. The summed E-state index contributed by atoms with van der Waals surface area (Å²) in [6.07, 6.45) is 0.965. The van der Waals surface area contributed by atoms with Crippen LogP contribution in [0.5, 0.6) is 0 Å². The lowest BCUT2D eigenvalue weighted by Gasteiger charge is -2.14. The highest BCUT2D eigenvalue weighted by molar-refractivity contribution is 9.10. The molecule has 0 aromatic carbocycles. The fraction of sp³-hybridized carbons (Fsp3) is 0.750. The first kappa shape index (κ1) is 14.7. The van der Waals surface area contributed by atoms with E-state index in [2.05, 4.69) is 52.1 Å². The Morgan fingerprint density at radius 1 is 1.41 bits per heavy atom. The molecule has 1 aromatic heterocycles. The molecule has 0 fully saturated rings. The zero-order chi connectivity index (χ0) is 12.8. The normalized spacial score (nSPS) is 11.4. The first-order valence-corrected chi connectivity index (χ1v) is 6.98. The summed E-state index contributed by atoms with van der Waals surface area (Å²) in [5, 5.41) is 7.93. The smallest absolute Gasteiger partial charge is 0.0767 e. The maximum atomic E-state index is 4.48. The summed E-state index contributed by atoms with van der Waals surface area (Å²) in [7, 11) is 4.13. The lowest BCUT2D eigenvalue weighted by atomic mass is 10.3. The maximum Gasteiger partial charge on any atom is 0.0767 e. The van der Waals surface area contributed by atoms with Gasteiger partial charge in [-0.05, 0) is 35.9 Å². The molecule has 17 heavy (non-hydrogen) atoms. The van der Waals surface area contributed by atoms with E-state index in [9.17, 15) is 0 Å². The van der Waals surface area contributed by atoms with Crippen molar-refractivity contribution in [1.29, 1.82) is 0 Å². The van der Waals surface area contributed by atoms with Crippen LogP contribution in [-0.4, -0.2) is 41.4 Å². The van der Waals surface area contributed by atoms with Crippen LogP contribution in [0.3, 0.4) is 0 Å². The molecular weight excluding hydrogens is 280 g/mol. The Morgan fingerprint density at radius 3 is 2.65 bits per heavy atom. The number of aryl methyl sites for hydroxylation is 2. The highest BCUT2D eigenvalue weighted by Gasteiger charge is 2.11. The summed E-state index contributed by atoms with van der Waals surface area (Å²) < 4.78 is 3.11. The number of hydrogen-bond acceptors (Lipinski definition) is 3. The molecular formula is C12H23BrN4. The van der Waals surface area contributed by atoms with E-state index in [1.165, 1.54) is 5.69 Å². The van der Waals surface area contributed by atoms with Crippen LogP contribution in [-0.2, 0) is 20.0 Å². The molecule has 98 valence electrons. The van der Waals surface area contributed by atoms with Gasteiger partial charge in [0.15, 0.2) is 0 Å². The molecule has 0 unspecified atom stereocenters. The van der Waals surface area contributed by atoms with Crippen LogP contribution in [0.25, 0.3) is 0 Å². The van der Waals surface area contributed by atoms with E-state index >= 15 is 0 Å². The summed E-state index contributed by atoms with van der Waals surface area (Å²) in [6, 6.07) is 0. The molecule has 0 amide bonds. The van der Waals surface area contributed by atoms with Crippen LogP contribution in [0, 0.1) is 0 Å². The molecule has 0 aliphatic rings. The van der Waals surface area contributed by atoms with Crippen molar-refractivity contribution >= 4 is 15.9 Å². The lowest BCUT2D eigenvalue weighted by molar-refractivity contribution is 0.348. The van der Waals surface area contributed by atoms with Crippen molar-refractivity contribution in [2.45, 2.75) is 26.8 Å². The van der Waals surface area contributed by atoms with Gasteiger partial charge in [0.2, 0.25) is 0 Å². The first-order chi connectivity index (χ1) is 8.10. The van der Waals surface area contributed by atoms with Crippen molar-refractivity contribution in [1.82, 2.24) is 20.0 Å². The van der Waals surface area contributed by atoms with Gasteiger partial charge in [-0.1, -0.05) is 13.8 Å². The van der Waals surface area contributed by atoms with Gasteiger partial charge < -0.3 is 10.2 Å². The average molecular weight is 303 g/mol. The van der Waals surface area contributed by atoms with Crippen molar-refractivity contribution < 1.29 is 0 Å². The number of rotatable bonds is 7. The number of aromatic nitrogens is 2. The van der Waals surface area contributed by atoms with Crippen LogP contribution in [0.1, 0.15) is 25.2 Å². The molecule has 1 aromatic rings. The van der Waals surface area contributed by atoms with Gasteiger partial charge >= 0.3 is 0 Å². The fourth-order valence-electron chi connectivity index (χ4n) is 1.65. The Bertz CT molecular complexity index is 349. The largest absolute Gasteiger partial charge is 0.310 e. The Balaban J connectivity index is 2.44. The van der Waals surface area contributed by atoms with E-state index in [4.69, 9.17) is 0 Å². The summed E-state index contributed by atoms with van der Waals surface area (Å²) >= 11 is 3.62. The van der Waals surface area contributed by atoms with Gasteiger partial charge in [0.1, 0.15) is 0 Å². The third-order valence-corrected chi connectivity index (χ3v) is 3.92. The van der Waals surface area contributed by atoms with Gasteiger partial charge in [-0.2, -0.15) is 5.10 Å². The standard InChI is InChI=1S/C12H23BrN4/c1-5-10-12(13)11(17(4)15-10)9-14-7-8-16(3)6-2/h14H,5-9H2,1-4H3. The molecule has 1 N–H and O–H groups in total. The summed E-state index contributed by atoms with van der Waals surface area (Å²) in [4.78, 5) is 2.29. The first-order valence-electron chi connectivity index (χ1n) is 6.19. The molecule has 0 aliphatic carbocycles. The third-order valence-electron chi connectivity index (χ3n) is 3.01. The molecule has 0 aliphatic heterocycles. The van der Waals surface area contributed by atoms with Crippen molar-refractivity contribution in [3.8, 4) is 0 Å². The van der Waals surface area contributed by atoms with Gasteiger partial charge in [0.05, 0.1) is 15.9 Å². The molecule has 0 saturated carbocycles. The zero-order valence-corrected chi connectivity index (χ0v) is 12.8. The van der Waals surface area contributed by atoms with Gasteiger partial charge in [-0.15, -0.1) is 0 Å². The third kappa shape index (κ3) is 4.08. The van der Waals surface area contributed by atoms with Crippen molar-refractivity contribution in [2.75, 3.05) is 26.7 Å². The van der Waals surface area contributed by atoms with Crippen LogP contribution >= 0.6 is 15.9 Å². The monoisotopic (exact) mass is 302 g/mol. The molecule has 0 radical (unpaired) electrons. The minimum Gasteiger partial charge on any atom is -0.310 e. The van der Waals surface area contributed by atoms with Gasteiger partial charge in [0, 0.05) is 26.7 Å². The molecule has 0 atom stereocenters. The maximum absolute atomic E-state index is 4.48. The topological polar surface area (TPSA) is 33.1 Å². The number of halogens is 1. The lowest BCUT2D eigenvalue weighted by Crippen LogP contribution is -2.29. The van der Waals surface area contributed by atoms with Crippen molar-refractivity contribution in [3.63, 3.8) is 0 Å². The summed E-state index contributed by atoms with van der Waals surface area (Å²) in [6.45, 7) is 8.33. The van der Waals surface area contributed by atoms with Crippen LogP contribution in [0.15, 0.2) is 4.47 Å². The Kier molecular flexibility index (Phi) is 6.16. The number of hydrogen-bond donors (Lipinski definition) is 1. The summed E-state index contributed by atoms with van der Waals surface area (Å²) in [5.41, 5.74) is 2.36. The fourth-order valence-corrected chi connectivity index (χ4v) is 2.40. The van der Waals surface area contributed by atoms with Crippen molar-refractivity contribution in [2.24, 2.45) is 7.05 Å². The van der Waals surface area contributed by atoms with Gasteiger partial charge in [-0.25, -0.2) is 0 Å². The molecule has 1 rings (SSSR count). The SMILES string of the molecule is CCc1nn(C)c(CNCCN(C)CC)c1Br. The molecule has 0 saturated heterocycles. The average Bonchev–Trinajstić information content (AvgIpc) is 2.60. The molecule has 0 spiro atoms. The van der Waals surface area contributed by atoms with E-state index < -0.39 is 0 Å². The number of likely N-dealkylation sites (N-methyl/N-ethyl adjacent to an activating group) is 1. The number of nitrogens with zero attached hydrogens (tertiary/aromatic N) is 3. The van der Waals surface area contributed by atoms with E-state index in [1.807, 2.05) is 11.7 Å². The van der Waals surface area contributed by atoms with Crippen LogP contribution in [0.2, 0.25) is 0 Å². The quantitative estimate of drug-likeness (QED) is 0.780. The second-order valence-corrected chi connectivity index (χ2v) is 5.05. The molecule has 0 bridgehead atoms. The Hall–Kier alpha value is -0.390. The van der Waals surface area contributed by atoms with E-state index in [1.54, 1.807) is 0 Å². The van der Waals surface area contributed by atoms with E-state index in [0.29, 0.717) is 0 Å². The predicted molar refractivity (Wildman–Crippen MR) is 75.2 cm³/mol. The van der Waals surface area contributed by atoms with Crippen LogP contribution in [0.4, 0.5) is 0 Å². The number of nitrogens with one attached hydrogen (secondary N) is 1. The summed E-state index contributed by atoms with van der Waals surface area (Å²) in [5.74, 6) is 0. The van der Waals surface area contributed by atoms with E-state index in [0.717, 1.165) is 42.8 Å². The minimum atomic E-state index is 0.863. The minimum absolute atomic E-state index is 0.863. The van der Waals surface area contributed by atoms with Crippen LogP contribution < -0.4 is 5.32 Å². The molecule has 5 heteroatoms. The van der Waals surface area contributed by atoms with Gasteiger partial charge in [0.25, 0.3) is 0 Å². The molecule has 1 heterocycles. The Morgan fingerprint density at radius 2 is 2.12 bits per heavy atom. The second kappa shape index (κ2) is 7.13. The van der Waals surface area contributed by atoms with Crippen molar-refractivity contribution in [3.05, 3.63) is 15.9 Å². The van der Waals surface area contributed by atoms with Gasteiger partial charge in [-0.3, -0.25) is 4.68 Å². The molecule has 4 nitrogen and oxygen atoms in total. The van der Waals surface area contributed by atoms with E-state index in [-0.39, 0.29) is 0 Å². The zero-order valence-electron chi connectivity index (χ0n) is 11.3. The second-order valence-electron chi connectivity index (χ2n) is 4.26. The highest BCUT2D eigenvalue weighted by atomic mass is 79.9.